The number of benzene rings is 1. The Morgan fingerprint density at radius 1 is 0.895 bits per heavy atom. The third-order valence-electron chi connectivity index (χ3n) is 5.44. The van der Waals surface area contributed by atoms with Crippen LogP contribution in [0.25, 0.3) is 0 Å². The molecule has 0 aromatic heterocycles. The van der Waals surface area contributed by atoms with Crippen molar-refractivity contribution in [1.82, 2.24) is 0 Å². The fourth-order valence-electron chi connectivity index (χ4n) is 3.51. The lowest BCUT2D eigenvalue weighted by Gasteiger charge is -2.42. The minimum atomic E-state index is -0.146. The molecule has 0 heterocycles. The van der Waals surface area contributed by atoms with E-state index in [4.69, 9.17) is 0 Å². The van der Waals surface area contributed by atoms with Crippen molar-refractivity contribution in [3.8, 4) is 0 Å². The van der Waals surface area contributed by atoms with E-state index in [1.165, 1.54) is 29.5 Å². The Labute approximate surface area is 116 Å². The van der Waals surface area contributed by atoms with Crippen LogP contribution in [0.1, 0.15) is 70.1 Å². The molecule has 2 aliphatic carbocycles. The van der Waals surface area contributed by atoms with E-state index in [0.717, 1.165) is 19.1 Å². The second kappa shape index (κ2) is 3.71. The predicted molar refractivity (Wildman–Crippen MR) is 78.7 cm³/mol. The zero-order valence-corrected chi connectivity index (χ0v) is 12.5. The molecule has 0 spiro atoms. The molecule has 0 N–H and O–H groups in total. The van der Waals surface area contributed by atoms with Gasteiger partial charge >= 0.3 is 0 Å². The molecular weight excluding hydrogens is 232 g/mol. The Morgan fingerprint density at radius 2 is 1.47 bits per heavy atom. The molecule has 1 heteroatoms. The maximum Gasteiger partial charge on any atom is 0.130 e. The van der Waals surface area contributed by atoms with Crippen LogP contribution in [0.2, 0.25) is 0 Å². The quantitative estimate of drug-likeness (QED) is 0.722. The molecular formula is C18H24O. The highest BCUT2D eigenvalue weighted by molar-refractivity contribution is 5.73. The Bertz CT molecular complexity index is 533. The van der Waals surface area contributed by atoms with Gasteiger partial charge in [0, 0.05) is 0 Å². The van der Waals surface area contributed by atoms with Crippen molar-refractivity contribution in [3.63, 3.8) is 0 Å². The third kappa shape index (κ3) is 1.86. The van der Waals surface area contributed by atoms with Crippen LogP contribution in [0, 0.1) is 0 Å². The first-order valence-corrected chi connectivity index (χ1v) is 7.43. The van der Waals surface area contributed by atoms with Gasteiger partial charge in [-0.05, 0) is 53.2 Å². The van der Waals surface area contributed by atoms with Gasteiger partial charge in [0.25, 0.3) is 0 Å². The standard InChI is InChI=1S/C18H24O/c1-16(2)7-8-17(3,4)15-11-13(5-6-14(15)16)18(12-19)9-10-18/h5-6,11-12H,7-10H2,1-4H3. The van der Waals surface area contributed by atoms with Gasteiger partial charge in [0.05, 0.1) is 5.41 Å². The van der Waals surface area contributed by atoms with Crippen LogP contribution in [0.4, 0.5) is 0 Å². The minimum absolute atomic E-state index is 0.146. The number of fused-ring (bicyclic) bond motifs is 1. The molecule has 2 aliphatic rings. The average molecular weight is 256 g/mol. The zero-order valence-electron chi connectivity index (χ0n) is 12.5. The van der Waals surface area contributed by atoms with Crippen molar-refractivity contribution in [2.24, 2.45) is 0 Å². The van der Waals surface area contributed by atoms with Gasteiger partial charge in [-0.3, -0.25) is 0 Å². The van der Waals surface area contributed by atoms with Gasteiger partial charge in [-0.25, -0.2) is 0 Å². The van der Waals surface area contributed by atoms with Crippen LogP contribution in [0.3, 0.4) is 0 Å². The molecule has 0 atom stereocenters. The summed E-state index contributed by atoms with van der Waals surface area (Å²) in [5.74, 6) is 0. The van der Waals surface area contributed by atoms with Crippen LogP contribution in [0.5, 0.6) is 0 Å². The molecule has 19 heavy (non-hydrogen) atoms. The topological polar surface area (TPSA) is 17.1 Å². The average Bonchev–Trinajstić information content (AvgIpc) is 3.16. The van der Waals surface area contributed by atoms with Crippen LogP contribution in [-0.2, 0) is 21.0 Å². The van der Waals surface area contributed by atoms with Gasteiger partial charge in [0.2, 0.25) is 0 Å². The molecule has 3 rings (SSSR count). The summed E-state index contributed by atoms with van der Waals surface area (Å²) in [6.07, 6.45) is 5.68. The van der Waals surface area contributed by atoms with Crippen molar-refractivity contribution in [2.45, 2.75) is 69.6 Å². The Morgan fingerprint density at radius 3 is 2.00 bits per heavy atom. The summed E-state index contributed by atoms with van der Waals surface area (Å²) in [4.78, 5) is 11.3. The largest absolute Gasteiger partial charge is 0.302 e. The molecule has 0 bridgehead atoms. The smallest absolute Gasteiger partial charge is 0.130 e. The predicted octanol–water partition coefficient (Wildman–Crippen LogP) is 4.27. The monoisotopic (exact) mass is 256 g/mol. The van der Waals surface area contributed by atoms with E-state index >= 15 is 0 Å². The Balaban J connectivity index is 2.15. The lowest BCUT2D eigenvalue weighted by atomic mass is 9.62. The molecule has 0 saturated heterocycles. The van der Waals surface area contributed by atoms with E-state index < -0.39 is 0 Å². The van der Waals surface area contributed by atoms with E-state index in [9.17, 15) is 4.79 Å². The molecule has 1 nitrogen and oxygen atoms in total. The normalized spacial score (nSPS) is 25.5. The summed E-state index contributed by atoms with van der Waals surface area (Å²) in [6, 6.07) is 6.82. The van der Waals surface area contributed by atoms with Crippen molar-refractivity contribution in [1.29, 1.82) is 0 Å². The van der Waals surface area contributed by atoms with Crippen molar-refractivity contribution >= 4 is 6.29 Å². The van der Waals surface area contributed by atoms with E-state index in [-0.39, 0.29) is 16.2 Å². The maximum atomic E-state index is 11.3. The summed E-state index contributed by atoms with van der Waals surface area (Å²) < 4.78 is 0. The van der Waals surface area contributed by atoms with Crippen molar-refractivity contribution in [3.05, 3.63) is 34.9 Å². The molecule has 1 aromatic carbocycles. The summed E-state index contributed by atoms with van der Waals surface area (Å²) in [6.45, 7) is 9.36. The first kappa shape index (κ1) is 12.9. The first-order chi connectivity index (χ1) is 8.81. The highest BCUT2D eigenvalue weighted by Crippen LogP contribution is 2.50. The molecule has 0 aliphatic heterocycles. The summed E-state index contributed by atoms with van der Waals surface area (Å²) in [5.41, 5.74) is 4.55. The molecule has 102 valence electrons. The van der Waals surface area contributed by atoms with Gasteiger partial charge in [-0.1, -0.05) is 45.9 Å². The van der Waals surface area contributed by atoms with Gasteiger partial charge in [-0.15, -0.1) is 0 Å². The van der Waals surface area contributed by atoms with E-state index in [2.05, 4.69) is 45.9 Å². The molecule has 1 saturated carbocycles. The summed E-state index contributed by atoms with van der Waals surface area (Å²) >= 11 is 0. The number of carbonyl (C=O) groups is 1. The van der Waals surface area contributed by atoms with Gasteiger partial charge in [0.1, 0.15) is 6.29 Å². The molecule has 0 radical (unpaired) electrons. The lowest BCUT2D eigenvalue weighted by Crippen LogP contribution is -2.34. The molecule has 1 fully saturated rings. The second-order valence-corrected chi connectivity index (χ2v) is 7.80. The van der Waals surface area contributed by atoms with Crippen molar-refractivity contribution < 1.29 is 4.79 Å². The molecule has 1 aromatic rings. The van der Waals surface area contributed by atoms with Gasteiger partial charge in [-0.2, -0.15) is 0 Å². The number of hydrogen-bond donors (Lipinski definition) is 0. The fraction of sp³-hybridized carbons (Fsp3) is 0.611. The number of carbonyl (C=O) groups excluding carboxylic acids is 1. The van der Waals surface area contributed by atoms with E-state index in [0.29, 0.717) is 0 Å². The van der Waals surface area contributed by atoms with Crippen LogP contribution in [0.15, 0.2) is 18.2 Å². The minimum Gasteiger partial charge on any atom is -0.302 e. The zero-order chi connectivity index (χ0) is 13.9. The number of hydrogen-bond acceptors (Lipinski definition) is 1. The van der Waals surface area contributed by atoms with E-state index in [1.54, 1.807) is 0 Å². The van der Waals surface area contributed by atoms with Gasteiger partial charge < -0.3 is 4.79 Å². The number of aldehydes is 1. The number of rotatable bonds is 2. The Kier molecular flexibility index (Phi) is 2.52. The maximum absolute atomic E-state index is 11.3. The first-order valence-electron chi connectivity index (χ1n) is 7.43. The molecule has 0 amide bonds. The third-order valence-corrected chi connectivity index (χ3v) is 5.44. The molecule has 0 unspecified atom stereocenters. The van der Waals surface area contributed by atoms with Crippen LogP contribution in [-0.4, -0.2) is 6.29 Å². The summed E-state index contributed by atoms with van der Waals surface area (Å²) in [7, 11) is 0. The van der Waals surface area contributed by atoms with E-state index in [1.807, 2.05) is 0 Å². The van der Waals surface area contributed by atoms with Crippen LogP contribution >= 0.6 is 0 Å². The van der Waals surface area contributed by atoms with Crippen LogP contribution < -0.4 is 0 Å². The van der Waals surface area contributed by atoms with Gasteiger partial charge in [0.15, 0.2) is 0 Å². The highest BCUT2D eigenvalue weighted by atomic mass is 16.1. The summed E-state index contributed by atoms with van der Waals surface area (Å²) in [5, 5.41) is 0. The lowest BCUT2D eigenvalue weighted by molar-refractivity contribution is -0.109. The van der Waals surface area contributed by atoms with Crippen molar-refractivity contribution in [2.75, 3.05) is 0 Å². The highest BCUT2D eigenvalue weighted by Gasteiger charge is 2.46. The second-order valence-electron chi connectivity index (χ2n) is 7.80. The fourth-order valence-corrected chi connectivity index (χ4v) is 3.51. The Hall–Kier alpha value is -1.11. The SMILES string of the molecule is CC1(C)CCC(C)(C)c2cc(C3(C=O)CC3)ccc21.